The number of anilines is 1. The summed E-state index contributed by atoms with van der Waals surface area (Å²) >= 11 is 0. The van der Waals surface area contributed by atoms with Crippen molar-refractivity contribution in [2.45, 2.75) is 46.6 Å². The number of piperazine rings is 1. The molecule has 4 rings (SSSR count). The first kappa shape index (κ1) is 20.4. The van der Waals surface area contributed by atoms with Gasteiger partial charge in [0, 0.05) is 69.1 Å². The van der Waals surface area contributed by atoms with Crippen LogP contribution in [0.2, 0.25) is 0 Å². The van der Waals surface area contributed by atoms with Crippen molar-refractivity contribution < 1.29 is 9.59 Å². The first-order valence-electron chi connectivity index (χ1n) is 10.9. The summed E-state index contributed by atoms with van der Waals surface area (Å²) in [6, 6.07) is 6.51. The quantitative estimate of drug-likeness (QED) is 0.843. The minimum Gasteiger partial charge on any atom is -0.368 e. The van der Waals surface area contributed by atoms with Gasteiger partial charge in [-0.15, -0.1) is 0 Å². The number of hydrogen-bond donors (Lipinski definition) is 1. The van der Waals surface area contributed by atoms with E-state index in [1.54, 1.807) is 0 Å². The molecule has 0 bridgehead atoms. The number of rotatable bonds is 4. The highest BCUT2D eigenvalue weighted by Crippen LogP contribution is 2.25. The Kier molecular flexibility index (Phi) is 5.79. The fraction of sp³-hybridized carbons (Fsp3) is 0.522. The molecule has 7 heteroatoms. The number of aromatic nitrogens is 2. The predicted molar refractivity (Wildman–Crippen MR) is 117 cm³/mol. The van der Waals surface area contributed by atoms with Crippen molar-refractivity contribution in [1.29, 1.82) is 0 Å². The van der Waals surface area contributed by atoms with Gasteiger partial charge in [-0.2, -0.15) is 5.10 Å². The highest BCUT2D eigenvalue weighted by molar-refractivity contribution is 5.94. The SMILES string of the molecule is CCCC(=O)N1CCc2[nH]nc(C(=O)N3CCN(c4cc(C)ccc4C)CC3)c2C1. The molecular weight excluding hydrogens is 378 g/mol. The van der Waals surface area contributed by atoms with E-state index in [9.17, 15) is 9.59 Å². The molecule has 0 spiro atoms. The Balaban J connectivity index is 1.44. The maximum absolute atomic E-state index is 13.2. The summed E-state index contributed by atoms with van der Waals surface area (Å²) in [5.41, 5.74) is 6.14. The van der Waals surface area contributed by atoms with E-state index < -0.39 is 0 Å². The third-order valence-electron chi connectivity index (χ3n) is 6.22. The smallest absolute Gasteiger partial charge is 0.274 e. The lowest BCUT2D eigenvalue weighted by Gasteiger charge is -2.37. The second-order valence-corrected chi connectivity index (χ2v) is 8.41. The largest absolute Gasteiger partial charge is 0.368 e. The van der Waals surface area contributed by atoms with E-state index in [1.165, 1.54) is 16.8 Å². The zero-order valence-electron chi connectivity index (χ0n) is 18.2. The van der Waals surface area contributed by atoms with Crippen LogP contribution < -0.4 is 4.90 Å². The number of amides is 2. The summed E-state index contributed by atoms with van der Waals surface area (Å²) in [5.74, 6) is 0.128. The molecular formula is C23H31N5O2. The lowest BCUT2D eigenvalue weighted by atomic mass is 10.0. The summed E-state index contributed by atoms with van der Waals surface area (Å²) in [4.78, 5) is 31.7. The number of hydrogen-bond acceptors (Lipinski definition) is 4. The number of carbonyl (C=O) groups is 2. The van der Waals surface area contributed by atoms with E-state index in [-0.39, 0.29) is 11.8 Å². The topological polar surface area (TPSA) is 72.5 Å². The van der Waals surface area contributed by atoms with Crippen LogP contribution in [0.4, 0.5) is 5.69 Å². The Morgan fingerprint density at radius 3 is 2.57 bits per heavy atom. The van der Waals surface area contributed by atoms with Gasteiger partial charge in [-0.1, -0.05) is 19.1 Å². The molecule has 2 aliphatic heterocycles. The van der Waals surface area contributed by atoms with Crippen molar-refractivity contribution >= 4 is 17.5 Å². The van der Waals surface area contributed by atoms with Crippen molar-refractivity contribution in [2.75, 3.05) is 37.6 Å². The highest BCUT2D eigenvalue weighted by atomic mass is 16.2. The molecule has 0 atom stereocenters. The van der Waals surface area contributed by atoms with E-state index in [0.29, 0.717) is 38.3 Å². The fourth-order valence-corrected chi connectivity index (χ4v) is 4.42. The maximum atomic E-state index is 13.2. The maximum Gasteiger partial charge on any atom is 0.274 e. The van der Waals surface area contributed by atoms with Gasteiger partial charge in [0.1, 0.15) is 0 Å². The summed E-state index contributed by atoms with van der Waals surface area (Å²) in [7, 11) is 0. The lowest BCUT2D eigenvalue weighted by molar-refractivity contribution is -0.132. The van der Waals surface area contributed by atoms with Gasteiger partial charge in [0.25, 0.3) is 5.91 Å². The molecule has 1 aromatic heterocycles. The number of nitrogens with one attached hydrogen (secondary N) is 1. The second-order valence-electron chi connectivity index (χ2n) is 8.41. The first-order chi connectivity index (χ1) is 14.5. The van der Waals surface area contributed by atoms with Gasteiger partial charge in [-0.05, 0) is 37.5 Å². The summed E-state index contributed by atoms with van der Waals surface area (Å²) < 4.78 is 0. The molecule has 3 heterocycles. The van der Waals surface area contributed by atoms with Gasteiger partial charge >= 0.3 is 0 Å². The molecule has 0 aliphatic carbocycles. The molecule has 30 heavy (non-hydrogen) atoms. The van der Waals surface area contributed by atoms with Crippen LogP contribution in [0.1, 0.15) is 52.6 Å². The van der Waals surface area contributed by atoms with Crippen LogP contribution in [0.15, 0.2) is 18.2 Å². The van der Waals surface area contributed by atoms with E-state index in [1.807, 2.05) is 16.7 Å². The molecule has 2 amide bonds. The van der Waals surface area contributed by atoms with Crippen LogP contribution >= 0.6 is 0 Å². The summed E-state index contributed by atoms with van der Waals surface area (Å²) in [6.45, 7) is 10.4. The summed E-state index contributed by atoms with van der Waals surface area (Å²) in [5, 5.41) is 7.39. The van der Waals surface area contributed by atoms with Crippen LogP contribution in [0, 0.1) is 13.8 Å². The van der Waals surface area contributed by atoms with Crippen LogP contribution in [-0.2, 0) is 17.8 Å². The number of nitrogens with zero attached hydrogens (tertiary/aromatic N) is 4. The highest BCUT2D eigenvalue weighted by Gasteiger charge is 2.31. The molecule has 160 valence electrons. The zero-order chi connectivity index (χ0) is 21.3. The Labute approximate surface area is 178 Å². The monoisotopic (exact) mass is 409 g/mol. The fourth-order valence-electron chi connectivity index (χ4n) is 4.42. The van der Waals surface area contributed by atoms with E-state index in [4.69, 9.17) is 0 Å². The summed E-state index contributed by atoms with van der Waals surface area (Å²) in [6.07, 6.45) is 2.12. The minimum atomic E-state index is -0.0297. The molecule has 1 aromatic carbocycles. The van der Waals surface area contributed by atoms with Gasteiger partial charge in [-0.3, -0.25) is 14.7 Å². The Morgan fingerprint density at radius 1 is 1.07 bits per heavy atom. The Morgan fingerprint density at radius 2 is 1.83 bits per heavy atom. The number of H-pyrrole nitrogens is 1. The van der Waals surface area contributed by atoms with Crippen LogP contribution in [0.25, 0.3) is 0 Å². The zero-order valence-corrected chi connectivity index (χ0v) is 18.2. The third-order valence-corrected chi connectivity index (χ3v) is 6.22. The average Bonchev–Trinajstić information content (AvgIpc) is 3.18. The van der Waals surface area contributed by atoms with Crippen LogP contribution in [-0.4, -0.2) is 64.5 Å². The molecule has 7 nitrogen and oxygen atoms in total. The van der Waals surface area contributed by atoms with Crippen LogP contribution in [0.5, 0.6) is 0 Å². The van der Waals surface area contributed by atoms with E-state index in [2.05, 4.69) is 47.1 Å². The molecule has 1 fully saturated rings. The number of carbonyl (C=O) groups excluding carboxylic acids is 2. The minimum absolute atomic E-state index is 0.0297. The van der Waals surface area contributed by atoms with Gasteiger partial charge < -0.3 is 14.7 Å². The van der Waals surface area contributed by atoms with Crippen molar-refractivity contribution in [3.63, 3.8) is 0 Å². The van der Waals surface area contributed by atoms with Crippen molar-refractivity contribution in [2.24, 2.45) is 0 Å². The van der Waals surface area contributed by atoms with Gasteiger partial charge in [0.15, 0.2) is 5.69 Å². The Hall–Kier alpha value is -2.83. The van der Waals surface area contributed by atoms with E-state index >= 15 is 0 Å². The molecule has 0 unspecified atom stereocenters. The standard InChI is InChI=1S/C23H31N5O2/c1-4-5-21(29)28-9-8-19-18(15-28)22(25-24-19)23(30)27-12-10-26(11-13-27)20-14-16(2)6-7-17(20)3/h6-7,14H,4-5,8-13,15H2,1-3H3,(H,24,25). The van der Waals surface area contributed by atoms with Gasteiger partial charge in [0.2, 0.25) is 5.91 Å². The molecule has 1 N–H and O–H groups in total. The Bertz CT molecular complexity index is 943. The van der Waals surface area contributed by atoms with Crippen LogP contribution in [0.3, 0.4) is 0 Å². The molecule has 0 radical (unpaired) electrons. The first-order valence-corrected chi connectivity index (χ1v) is 10.9. The molecule has 2 aliphatic rings. The van der Waals surface area contributed by atoms with Crippen molar-refractivity contribution in [1.82, 2.24) is 20.0 Å². The third kappa shape index (κ3) is 3.93. The number of aryl methyl sites for hydroxylation is 2. The van der Waals surface area contributed by atoms with Gasteiger partial charge in [0.05, 0.1) is 0 Å². The van der Waals surface area contributed by atoms with Crippen molar-refractivity contribution in [3.8, 4) is 0 Å². The molecule has 1 saturated heterocycles. The van der Waals surface area contributed by atoms with Gasteiger partial charge in [-0.25, -0.2) is 0 Å². The number of benzene rings is 1. The second kappa shape index (κ2) is 8.50. The normalized spacial score (nSPS) is 16.6. The van der Waals surface area contributed by atoms with Crippen molar-refractivity contribution in [3.05, 3.63) is 46.3 Å². The number of fused-ring (bicyclic) bond motifs is 1. The molecule has 2 aromatic rings. The average molecular weight is 410 g/mol. The molecule has 0 saturated carbocycles. The van der Waals surface area contributed by atoms with E-state index in [0.717, 1.165) is 37.2 Å². The lowest BCUT2D eigenvalue weighted by Crippen LogP contribution is -2.49. The predicted octanol–water partition coefficient (Wildman–Crippen LogP) is 2.67. The number of aromatic amines is 1.